The van der Waals surface area contributed by atoms with E-state index in [1.807, 2.05) is 70.2 Å². The van der Waals surface area contributed by atoms with Crippen LogP contribution in [-0.2, 0) is 40.7 Å². The van der Waals surface area contributed by atoms with Gasteiger partial charge in [0.15, 0.2) is 6.29 Å². The Balaban J connectivity index is 1.16. The van der Waals surface area contributed by atoms with Crippen LogP contribution in [0.1, 0.15) is 81.9 Å². The van der Waals surface area contributed by atoms with Crippen molar-refractivity contribution in [3.63, 3.8) is 0 Å². The molecule has 5 rings (SSSR count). The Morgan fingerprint density at radius 2 is 1.38 bits per heavy atom. The summed E-state index contributed by atoms with van der Waals surface area (Å²) in [7, 11) is 1.66. The van der Waals surface area contributed by atoms with Gasteiger partial charge in [-0.3, -0.25) is 0 Å². The van der Waals surface area contributed by atoms with E-state index < -0.39 is 17.8 Å². The number of hydrogen-bond donors (Lipinski definition) is 1. The molecule has 268 valence electrons. The minimum absolute atomic E-state index is 0.0574. The molecular weight excluding hydrogens is 665 g/mol. The number of rotatable bonds is 18. The second-order valence-corrected chi connectivity index (χ2v) is 16.8. The lowest BCUT2D eigenvalue weighted by molar-refractivity contribution is -0.0613. The van der Waals surface area contributed by atoms with Crippen molar-refractivity contribution in [2.24, 2.45) is 0 Å². The molecule has 9 heteroatoms. The Morgan fingerprint density at radius 3 is 1.90 bits per heavy atom. The third-order valence-corrected chi connectivity index (χ3v) is 11.4. The summed E-state index contributed by atoms with van der Waals surface area (Å²) in [5.41, 5.74) is 2.95. The maximum atomic E-state index is 6.99. The smallest absolute Gasteiger partial charge is 0.261 e. The van der Waals surface area contributed by atoms with Crippen LogP contribution in [0.15, 0.2) is 115 Å². The third kappa shape index (κ3) is 10.6. The minimum atomic E-state index is -2.81. The van der Waals surface area contributed by atoms with Gasteiger partial charge in [0.2, 0.25) is 0 Å². The van der Waals surface area contributed by atoms with Crippen LogP contribution in [0.2, 0.25) is 0 Å². The fourth-order valence-electron chi connectivity index (χ4n) is 6.14. The first-order valence-corrected chi connectivity index (χ1v) is 20.2. The minimum Gasteiger partial charge on any atom is -0.497 e. The Morgan fingerprint density at radius 1 is 0.820 bits per heavy atom. The monoisotopic (exact) mass is 717 g/mol. The summed E-state index contributed by atoms with van der Waals surface area (Å²) >= 11 is 6.09. The van der Waals surface area contributed by atoms with Crippen LogP contribution in [0.3, 0.4) is 0 Å². The SMILES string of the molecule is COc1ccc(C2OCC(CCCCNP(=S)(OC(C)CCOC(c3ccccc3)(c3ccccc3)c3ccccc3)OC(C)(C)C)O2)cc1. The second kappa shape index (κ2) is 18.0. The van der Waals surface area contributed by atoms with Crippen LogP contribution in [0.5, 0.6) is 5.75 Å². The first-order chi connectivity index (χ1) is 24.1. The predicted octanol–water partition coefficient (Wildman–Crippen LogP) is 9.71. The van der Waals surface area contributed by atoms with Crippen molar-refractivity contribution in [1.82, 2.24) is 5.09 Å². The lowest BCUT2D eigenvalue weighted by atomic mass is 9.80. The van der Waals surface area contributed by atoms with Crippen LogP contribution >= 0.6 is 6.64 Å². The van der Waals surface area contributed by atoms with E-state index >= 15 is 0 Å². The van der Waals surface area contributed by atoms with E-state index in [0.29, 0.717) is 26.2 Å². The van der Waals surface area contributed by atoms with Crippen LogP contribution < -0.4 is 9.82 Å². The van der Waals surface area contributed by atoms with Gasteiger partial charge in [-0.05, 0) is 94.0 Å². The molecule has 1 aliphatic heterocycles. The topological polar surface area (TPSA) is 67.4 Å². The molecule has 1 N–H and O–H groups in total. The number of methoxy groups -OCH3 is 1. The van der Waals surface area contributed by atoms with Crippen molar-refractivity contribution in [2.45, 2.75) is 83.1 Å². The van der Waals surface area contributed by atoms with Gasteiger partial charge in [-0.1, -0.05) is 103 Å². The standard InChI is InChI=1S/C41H52NO6PS/c1-32(28-30-45-41(34-17-9-6-10-18-34,35-19-11-7-12-20-35)36-21-13-8-14-22-36)47-49(50,48-40(2,3)4)42-29-16-15-23-38-31-44-39(46-38)33-24-26-37(43-5)27-25-33/h6-14,17-22,24-27,32,38-39H,15-16,23,28-31H2,1-5H3,(H,42,50). The Hall–Kier alpha value is -2.91. The van der Waals surface area contributed by atoms with Gasteiger partial charge in [0.05, 0.1) is 38.1 Å². The molecule has 1 aliphatic rings. The molecule has 0 aromatic heterocycles. The predicted molar refractivity (Wildman–Crippen MR) is 204 cm³/mol. The van der Waals surface area contributed by atoms with Crippen molar-refractivity contribution in [1.29, 1.82) is 0 Å². The van der Waals surface area contributed by atoms with Crippen molar-refractivity contribution >= 4 is 18.4 Å². The van der Waals surface area contributed by atoms with Gasteiger partial charge in [0, 0.05) is 12.1 Å². The Kier molecular flexibility index (Phi) is 13.8. The third-order valence-electron chi connectivity index (χ3n) is 8.49. The molecule has 0 bridgehead atoms. The van der Waals surface area contributed by atoms with E-state index in [9.17, 15) is 0 Å². The fraction of sp³-hybridized carbons (Fsp3) is 0.415. The van der Waals surface area contributed by atoms with Gasteiger partial charge in [0.1, 0.15) is 11.4 Å². The largest absolute Gasteiger partial charge is 0.497 e. The Bertz CT molecular complexity index is 1520. The summed E-state index contributed by atoms with van der Waals surface area (Å²) in [5, 5.41) is 3.50. The lowest BCUT2D eigenvalue weighted by Gasteiger charge is -2.37. The zero-order valence-electron chi connectivity index (χ0n) is 30.0. The number of nitrogens with one attached hydrogen (secondary N) is 1. The second-order valence-electron chi connectivity index (χ2n) is 13.6. The zero-order chi connectivity index (χ0) is 35.5. The summed E-state index contributed by atoms with van der Waals surface area (Å²) < 4.78 is 37.3. The summed E-state index contributed by atoms with van der Waals surface area (Å²) in [6.07, 6.45) is 2.93. The van der Waals surface area contributed by atoms with Gasteiger partial charge < -0.3 is 28.0 Å². The van der Waals surface area contributed by atoms with E-state index in [-0.39, 0.29) is 18.5 Å². The molecule has 4 atom stereocenters. The van der Waals surface area contributed by atoms with Gasteiger partial charge in [0.25, 0.3) is 6.64 Å². The van der Waals surface area contributed by atoms with E-state index in [1.54, 1.807) is 7.11 Å². The highest BCUT2D eigenvalue weighted by molar-refractivity contribution is 8.09. The highest BCUT2D eigenvalue weighted by Crippen LogP contribution is 2.49. The molecule has 0 radical (unpaired) electrons. The average Bonchev–Trinajstić information content (AvgIpc) is 3.59. The summed E-state index contributed by atoms with van der Waals surface area (Å²) in [4.78, 5) is 0. The zero-order valence-corrected chi connectivity index (χ0v) is 31.7. The number of hydrogen-bond acceptors (Lipinski definition) is 7. The molecule has 4 unspecified atom stereocenters. The first kappa shape index (κ1) is 38.3. The first-order valence-electron chi connectivity index (χ1n) is 17.6. The van der Waals surface area contributed by atoms with E-state index in [1.165, 1.54) is 0 Å². The lowest BCUT2D eigenvalue weighted by Crippen LogP contribution is -2.34. The van der Waals surface area contributed by atoms with Gasteiger partial charge in [-0.25, -0.2) is 5.09 Å². The van der Waals surface area contributed by atoms with Crippen LogP contribution in [0, 0.1) is 0 Å². The van der Waals surface area contributed by atoms with Crippen LogP contribution in [0.4, 0.5) is 0 Å². The molecule has 0 amide bonds. The van der Waals surface area contributed by atoms with E-state index in [4.69, 9.17) is 39.8 Å². The van der Waals surface area contributed by atoms with Gasteiger partial charge >= 0.3 is 0 Å². The normalized spacial score (nSPS) is 18.4. The average molecular weight is 718 g/mol. The molecule has 0 aliphatic carbocycles. The van der Waals surface area contributed by atoms with Crippen LogP contribution in [0.25, 0.3) is 0 Å². The highest BCUT2D eigenvalue weighted by atomic mass is 32.5. The maximum absolute atomic E-state index is 6.99. The summed E-state index contributed by atoms with van der Waals surface area (Å²) in [5.74, 6) is 0.815. The quantitative estimate of drug-likeness (QED) is 0.0620. The number of benzene rings is 4. The van der Waals surface area contributed by atoms with Crippen molar-refractivity contribution in [2.75, 3.05) is 26.9 Å². The molecule has 1 heterocycles. The van der Waals surface area contributed by atoms with Crippen molar-refractivity contribution in [3.05, 3.63) is 138 Å². The van der Waals surface area contributed by atoms with Gasteiger partial charge in [-0.2, -0.15) is 0 Å². The molecule has 4 aromatic carbocycles. The molecule has 0 spiro atoms. The number of unbranched alkanes of at least 4 members (excludes halogenated alkanes) is 1. The van der Waals surface area contributed by atoms with Crippen LogP contribution in [-0.4, -0.2) is 44.7 Å². The molecule has 4 aromatic rings. The fourth-order valence-corrected chi connectivity index (χ4v) is 9.44. The summed E-state index contributed by atoms with van der Waals surface area (Å²) in [6.45, 7) is 6.98. The van der Waals surface area contributed by atoms with Gasteiger partial charge in [-0.15, -0.1) is 0 Å². The number of ether oxygens (including phenoxy) is 4. The summed E-state index contributed by atoms with van der Waals surface area (Å²) in [6, 6.07) is 39.1. The molecule has 1 fully saturated rings. The van der Waals surface area contributed by atoms with E-state index in [0.717, 1.165) is 47.3 Å². The molecule has 1 saturated heterocycles. The molecule has 7 nitrogen and oxygen atoms in total. The molecule has 50 heavy (non-hydrogen) atoms. The van der Waals surface area contributed by atoms with E-state index in [2.05, 4.69) is 77.9 Å². The maximum Gasteiger partial charge on any atom is 0.261 e. The molecular formula is C41H52NO6PS. The van der Waals surface area contributed by atoms with Crippen molar-refractivity contribution < 1.29 is 28.0 Å². The van der Waals surface area contributed by atoms with Crippen molar-refractivity contribution in [3.8, 4) is 5.75 Å². The Labute approximate surface area is 303 Å². The molecule has 0 saturated carbocycles. The highest BCUT2D eigenvalue weighted by Gasteiger charge is 2.38.